The second kappa shape index (κ2) is 6.95. The van der Waals surface area contributed by atoms with Gasteiger partial charge >= 0.3 is 6.03 Å². The maximum atomic E-state index is 12.5. The Kier molecular flexibility index (Phi) is 4.46. The van der Waals surface area contributed by atoms with Gasteiger partial charge in [0.1, 0.15) is 5.82 Å². The molecule has 0 spiro atoms. The molecule has 0 saturated carbocycles. The lowest BCUT2D eigenvalue weighted by Crippen LogP contribution is -2.23. The van der Waals surface area contributed by atoms with Crippen molar-refractivity contribution in [1.82, 2.24) is 19.7 Å². The number of nitrogens with zero attached hydrogens (tertiary/aromatic N) is 3. The normalized spacial score (nSPS) is 12.7. The van der Waals surface area contributed by atoms with Crippen molar-refractivity contribution in [3.63, 3.8) is 0 Å². The van der Waals surface area contributed by atoms with Gasteiger partial charge in [-0.2, -0.15) is 9.78 Å². The van der Waals surface area contributed by atoms with Crippen molar-refractivity contribution in [2.45, 2.75) is 40.0 Å². The molecule has 1 aromatic carbocycles. The quantitative estimate of drug-likeness (QED) is 0.651. The molecule has 0 fully saturated rings. The van der Waals surface area contributed by atoms with Crippen LogP contribution < -0.4 is 16.2 Å². The van der Waals surface area contributed by atoms with Crippen molar-refractivity contribution in [3.8, 4) is 5.95 Å². The molecule has 2 aromatic heterocycles. The van der Waals surface area contributed by atoms with E-state index in [9.17, 15) is 9.59 Å². The van der Waals surface area contributed by atoms with Gasteiger partial charge in [-0.15, -0.1) is 0 Å². The SMILES string of the molecule is Cc1cc(NC(=O)Nc2ccc(C)c(C)c2)n(-c2nc3c(c(=O)[nH]2)CCC3)n1. The number of urea groups is 1. The predicted molar refractivity (Wildman–Crippen MR) is 107 cm³/mol. The van der Waals surface area contributed by atoms with Crippen LogP contribution in [0.2, 0.25) is 0 Å². The number of carbonyl (C=O) groups is 1. The number of nitrogens with one attached hydrogen (secondary N) is 3. The van der Waals surface area contributed by atoms with Crippen molar-refractivity contribution in [2.24, 2.45) is 0 Å². The largest absolute Gasteiger partial charge is 0.324 e. The molecule has 0 atom stereocenters. The van der Waals surface area contributed by atoms with Crippen LogP contribution in [0.25, 0.3) is 5.95 Å². The summed E-state index contributed by atoms with van der Waals surface area (Å²) in [5.74, 6) is 0.736. The number of hydrogen-bond acceptors (Lipinski definition) is 4. The minimum Gasteiger partial charge on any atom is -0.308 e. The summed E-state index contributed by atoms with van der Waals surface area (Å²) in [6, 6.07) is 7.06. The number of carbonyl (C=O) groups excluding carboxylic acids is 1. The molecule has 1 aliphatic carbocycles. The molecule has 3 N–H and O–H groups in total. The van der Waals surface area contributed by atoms with Crippen molar-refractivity contribution >= 4 is 17.5 Å². The second-order valence-corrected chi connectivity index (χ2v) is 7.13. The summed E-state index contributed by atoms with van der Waals surface area (Å²) in [4.78, 5) is 32.1. The molecular weight excluding hydrogens is 356 g/mol. The highest BCUT2D eigenvalue weighted by Gasteiger charge is 2.20. The number of benzene rings is 1. The maximum Gasteiger partial charge on any atom is 0.324 e. The van der Waals surface area contributed by atoms with Gasteiger partial charge in [0.15, 0.2) is 0 Å². The molecule has 1 aliphatic rings. The smallest absolute Gasteiger partial charge is 0.308 e. The zero-order chi connectivity index (χ0) is 19.8. The van der Waals surface area contributed by atoms with Gasteiger partial charge in [0.25, 0.3) is 5.56 Å². The van der Waals surface area contributed by atoms with Gasteiger partial charge in [-0.3, -0.25) is 15.1 Å². The Morgan fingerprint density at radius 1 is 1.11 bits per heavy atom. The minimum atomic E-state index is -0.395. The Balaban J connectivity index is 1.60. The number of amides is 2. The van der Waals surface area contributed by atoms with E-state index in [1.165, 1.54) is 4.68 Å². The number of fused-ring (bicyclic) bond motifs is 1. The van der Waals surface area contributed by atoms with E-state index in [2.05, 4.69) is 25.7 Å². The number of H-pyrrole nitrogens is 1. The molecule has 0 bridgehead atoms. The third-order valence-electron chi connectivity index (χ3n) is 4.97. The van der Waals surface area contributed by atoms with E-state index in [1.54, 1.807) is 6.07 Å². The summed E-state index contributed by atoms with van der Waals surface area (Å²) < 4.78 is 1.45. The summed E-state index contributed by atoms with van der Waals surface area (Å²) in [6.07, 6.45) is 2.46. The molecule has 4 rings (SSSR count). The average molecular weight is 378 g/mol. The molecule has 0 unspecified atom stereocenters. The van der Waals surface area contributed by atoms with E-state index < -0.39 is 6.03 Å². The van der Waals surface area contributed by atoms with Crippen molar-refractivity contribution < 1.29 is 4.79 Å². The minimum absolute atomic E-state index is 0.142. The van der Waals surface area contributed by atoms with Crippen LogP contribution in [0.15, 0.2) is 29.1 Å². The van der Waals surface area contributed by atoms with Crippen LogP contribution >= 0.6 is 0 Å². The number of aromatic nitrogens is 4. The Morgan fingerprint density at radius 2 is 1.93 bits per heavy atom. The standard InChI is InChI=1S/C20H22N6O2/c1-11-7-8-14(9-12(11)2)21-20(28)23-17-10-13(3)25-26(17)19-22-16-6-4-5-15(16)18(27)24-19/h7-10H,4-6H2,1-3H3,(H2,21,23,28)(H,22,24,27). The third kappa shape index (κ3) is 3.40. The van der Waals surface area contributed by atoms with Crippen LogP contribution in [0.5, 0.6) is 0 Å². The highest BCUT2D eigenvalue weighted by molar-refractivity contribution is 5.99. The Morgan fingerprint density at radius 3 is 2.71 bits per heavy atom. The van der Waals surface area contributed by atoms with Crippen LogP contribution in [0.4, 0.5) is 16.3 Å². The fourth-order valence-corrected chi connectivity index (χ4v) is 3.38. The lowest BCUT2D eigenvalue weighted by Gasteiger charge is -2.11. The topological polar surface area (TPSA) is 105 Å². The van der Waals surface area contributed by atoms with Crippen LogP contribution in [0.1, 0.15) is 34.5 Å². The number of hydrogen-bond donors (Lipinski definition) is 3. The van der Waals surface area contributed by atoms with E-state index in [0.717, 1.165) is 41.6 Å². The molecule has 0 saturated heterocycles. The first kappa shape index (κ1) is 18.0. The molecule has 0 radical (unpaired) electrons. The molecule has 2 heterocycles. The lowest BCUT2D eigenvalue weighted by atomic mass is 10.1. The fraction of sp³-hybridized carbons (Fsp3) is 0.300. The summed E-state index contributed by atoms with van der Waals surface area (Å²) >= 11 is 0. The first-order valence-electron chi connectivity index (χ1n) is 9.25. The summed E-state index contributed by atoms with van der Waals surface area (Å²) in [6.45, 7) is 5.83. The molecule has 8 nitrogen and oxygen atoms in total. The molecule has 8 heteroatoms. The summed E-state index contributed by atoms with van der Waals surface area (Å²) in [7, 11) is 0. The van der Waals surface area contributed by atoms with E-state index in [-0.39, 0.29) is 5.56 Å². The highest BCUT2D eigenvalue weighted by Crippen LogP contribution is 2.20. The summed E-state index contributed by atoms with van der Waals surface area (Å²) in [5, 5.41) is 9.98. The molecule has 2 amide bonds. The van der Waals surface area contributed by atoms with E-state index in [0.29, 0.717) is 23.1 Å². The third-order valence-corrected chi connectivity index (χ3v) is 4.97. The number of anilines is 2. The Labute approximate surface area is 162 Å². The lowest BCUT2D eigenvalue weighted by molar-refractivity contribution is 0.262. The number of aryl methyl sites for hydroxylation is 4. The highest BCUT2D eigenvalue weighted by atomic mass is 16.2. The number of aromatic amines is 1. The van der Waals surface area contributed by atoms with Crippen LogP contribution in [0, 0.1) is 20.8 Å². The van der Waals surface area contributed by atoms with Crippen LogP contribution in [-0.2, 0) is 12.8 Å². The first-order chi connectivity index (χ1) is 13.4. The first-order valence-corrected chi connectivity index (χ1v) is 9.25. The average Bonchev–Trinajstić information content (AvgIpc) is 3.24. The van der Waals surface area contributed by atoms with Crippen molar-refractivity contribution in [2.75, 3.05) is 10.6 Å². The van der Waals surface area contributed by atoms with Crippen LogP contribution in [0.3, 0.4) is 0 Å². The van der Waals surface area contributed by atoms with Crippen LogP contribution in [-0.4, -0.2) is 25.8 Å². The molecule has 144 valence electrons. The molecule has 28 heavy (non-hydrogen) atoms. The number of rotatable bonds is 3. The van der Waals surface area contributed by atoms with Gasteiger partial charge in [-0.05, 0) is 63.3 Å². The van der Waals surface area contributed by atoms with Gasteiger partial charge < -0.3 is 5.32 Å². The van der Waals surface area contributed by atoms with Gasteiger partial charge in [0.2, 0.25) is 5.95 Å². The zero-order valence-electron chi connectivity index (χ0n) is 16.1. The van der Waals surface area contributed by atoms with Gasteiger partial charge in [-0.1, -0.05) is 6.07 Å². The zero-order valence-corrected chi connectivity index (χ0v) is 16.1. The molecule has 0 aliphatic heterocycles. The van der Waals surface area contributed by atoms with Gasteiger partial charge in [0, 0.05) is 17.3 Å². The fourth-order valence-electron chi connectivity index (χ4n) is 3.38. The van der Waals surface area contributed by atoms with E-state index >= 15 is 0 Å². The van der Waals surface area contributed by atoms with E-state index in [4.69, 9.17) is 0 Å². The predicted octanol–water partition coefficient (Wildman–Crippen LogP) is 3.01. The Bertz CT molecular complexity index is 1130. The summed E-state index contributed by atoms with van der Waals surface area (Å²) in [5.41, 5.74) is 5.06. The molecular formula is C20H22N6O2. The Hall–Kier alpha value is -3.42. The van der Waals surface area contributed by atoms with Crippen molar-refractivity contribution in [1.29, 1.82) is 0 Å². The van der Waals surface area contributed by atoms with Gasteiger partial charge in [-0.25, -0.2) is 9.78 Å². The van der Waals surface area contributed by atoms with Gasteiger partial charge in [0.05, 0.1) is 11.4 Å². The van der Waals surface area contributed by atoms with Crippen molar-refractivity contribution in [3.05, 3.63) is 62.7 Å². The maximum absolute atomic E-state index is 12.5. The van der Waals surface area contributed by atoms with E-state index in [1.807, 2.05) is 39.0 Å². The monoisotopic (exact) mass is 378 g/mol. The second-order valence-electron chi connectivity index (χ2n) is 7.13. The molecule has 3 aromatic rings.